The summed E-state index contributed by atoms with van der Waals surface area (Å²) in [5, 5.41) is 3.31. The van der Waals surface area contributed by atoms with Gasteiger partial charge in [-0.1, -0.05) is 25.1 Å². The highest BCUT2D eigenvalue weighted by molar-refractivity contribution is 5.74. The first-order valence-corrected chi connectivity index (χ1v) is 6.22. The minimum Gasteiger partial charge on any atom is -0.479 e. The van der Waals surface area contributed by atoms with Crippen LogP contribution in [0.2, 0.25) is 0 Å². The molecular weight excluding hydrogens is 230 g/mol. The van der Waals surface area contributed by atoms with Crippen molar-refractivity contribution in [3.05, 3.63) is 29.8 Å². The molecule has 0 aliphatic rings. The molecule has 100 valence electrons. The second kappa shape index (κ2) is 7.71. The van der Waals surface area contributed by atoms with Crippen LogP contribution in [0.4, 0.5) is 0 Å². The molecule has 0 aliphatic heterocycles. The summed E-state index contributed by atoms with van der Waals surface area (Å²) in [4.78, 5) is 11.3. The number of carbonyl (C=O) groups excluding carboxylic acids is 1. The van der Waals surface area contributed by atoms with Gasteiger partial charge in [-0.25, -0.2) is 4.79 Å². The molecule has 0 aromatic heterocycles. The Morgan fingerprint density at radius 3 is 2.78 bits per heavy atom. The fourth-order valence-corrected chi connectivity index (χ4v) is 1.57. The van der Waals surface area contributed by atoms with Crippen LogP contribution in [0, 0.1) is 0 Å². The summed E-state index contributed by atoms with van der Waals surface area (Å²) >= 11 is 0. The van der Waals surface area contributed by atoms with E-state index in [1.165, 1.54) is 7.11 Å². The van der Waals surface area contributed by atoms with Crippen molar-refractivity contribution in [1.82, 2.24) is 5.32 Å². The summed E-state index contributed by atoms with van der Waals surface area (Å²) in [5.74, 6) is 0.352. The molecule has 0 amide bonds. The highest BCUT2D eigenvalue weighted by atomic mass is 16.6. The van der Waals surface area contributed by atoms with Gasteiger partial charge in [0, 0.05) is 12.1 Å². The highest BCUT2D eigenvalue weighted by Gasteiger charge is 2.16. The van der Waals surface area contributed by atoms with E-state index in [1.54, 1.807) is 6.92 Å². The lowest BCUT2D eigenvalue weighted by Crippen LogP contribution is -2.25. The Kier molecular flexibility index (Phi) is 6.22. The molecule has 1 N–H and O–H groups in total. The van der Waals surface area contributed by atoms with Crippen LogP contribution in [0.5, 0.6) is 5.75 Å². The molecule has 4 heteroatoms. The smallest absolute Gasteiger partial charge is 0.346 e. The molecule has 18 heavy (non-hydrogen) atoms. The lowest BCUT2D eigenvalue weighted by atomic mass is 10.2. The third-order valence-electron chi connectivity index (χ3n) is 2.55. The number of esters is 1. The molecule has 0 saturated carbocycles. The number of ether oxygens (including phenoxy) is 2. The molecular formula is C14H21NO3. The number of methoxy groups -OCH3 is 1. The Morgan fingerprint density at radius 1 is 1.39 bits per heavy atom. The Bertz CT molecular complexity index is 379. The molecule has 1 rings (SSSR count). The Labute approximate surface area is 108 Å². The van der Waals surface area contributed by atoms with Gasteiger partial charge in [-0.3, -0.25) is 0 Å². The number of benzene rings is 1. The number of carbonyl (C=O) groups is 1. The first-order valence-electron chi connectivity index (χ1n) is 6.22. The van der Waals surface area contributed by atoms with Crippen molar-refractivity contribution in [3.8, 4) is 5.75 Å². The van der Waals surface area contributed by atoms with Crippen LogP contribution in [0.15, 0.2) is 24.3 Å². The number of para-hydroxylation sites is 1. The monoisotopic (exact) mass is 251 g/mol. The van der Waals surface area contributed by atoms with Crippen LogP contribution in [-0.2, 0) is 16.1 Å². The first kappa shape index (κ1) is 14.5. The van der Waals surface area contributed by atoms with Gasteiger partial charge in [-0.15, -0.1) is 0 Å². The normalized spacial score (nSPS) is 11.9. The van der Waals surface area contributed by atoms with Crippen LogP contribution in [-0.4, -0.2) is 25.7 Å². The summed E-state index contributed by atoms with van der Waals surface area (Å²) in [6, 6.07) is 7.70. The third-order valence-corrected chi connectivity index (χ3v) is 2.55. The van der Waals surface area contributed by atoms with E-state index in [0.717, 1.165) is 30.8 Å². The maximum absolute atomic E-state index is 11.3. The SMILES string of the molecule is CCCNCc1ccccc1OC(C)C(=O)OC. The van der Waals surface area contributed by atoms with Crippen LogP contribution in [0.25, 0.3) is 0 Å². The van der Waals surface area contributed by atoms with E-state index in [-0.39, 0.29) is 5.97 Å². The maximum atomic E-state index is 11.3. The standard InChI is InChI=1S/C14H21NO3/c1-4-9-15-10-12-7-5-6-8-13(12)18-11(2)14(16)17-3/h5-8,11,15H,4,9-10H2,1-3H3. The molecule has 0 spiro atoms. The largest absolute Gasteiger partial charge is 0.479 e. The van der Waals surface area contributed by atoms with E-state index >= 15 is 0 Å². The second-order valence-electron chi connectivity index (χ2n) is 4.07. The lowest BCUT2D eigenvalue weighted by Gasteiger charge is -2.15. The van der Waals surface area contributed by atoms with Crippen molar-refractivity contribution in [1.29, 1.82) is 0 Å². The quantitative estimate of drug-likeness (QED) is 0.595. The summed E-state index contributed by atoms with van der Waals surface area (Å²) in [5.41, 5.74) is 1.04. The molecule has 0 heterocycles. The fraction of sp³-hybridized carbons (Fsp3) is 0.500. The third kappa shape index (κ3) is 4.37. The average Bonchev–Trinajstić information content (AvgIpc) is 2.40. The zero-order valence-corrected chi connectivity index (χ0v) is 11.2. The van der Waals surface area contributed by atoms with E-state index in [1.807, 2.05) is 24.3 Å². The first-order chi connectivity index (χ1) is 8.69. The Morgan fingerprint density at radius 2 is 2.11 bits per heavy atom. The van der Waals surface area contributed by atoms with Crippen molar-refractivity contribution in [2.24, 2.45) is 0 Å². The van der Waals surface area contributed by atoms with Crippen molar-refractivity contribution >= 4 is 5.97 Å². The average molecular weight is 251 g/mol. The van der Waals surface area contributed by atoms with Crippen LogP contribution in [0.1, 0.15) is 25.8 Å². The molecule has 1 aromatic carbocycles. The summed E-state index contributed by atoms with van der Waals surface area (Å²) in [6.45, 7) is 5.50. The van der Waals surface area contributed by atoms with Crippen LogP contribution >= 0.6 is 0 Å². The van der Waals surface area contributed by atoms with Gasteiger partial charge < -0.3 is 14.8 Å². The minimum absolute atomic E-state index is 0.369. The Balaban J connectivity index is 2.66. The van der Waals surface area contributed by atoms with Gasteiger partial charge in [0.25, 0.3) is 0 Å². The topological polar surface area (TPSA) is 47.6 Å². The molecule has 0 radical (unpaired) electrons. The van der Waals surface area contributed by atoms with Crippen molar-refractivity contribution in [2.45, 2.75) is 32.9 Å². The summed E-state index contributed by atoms with van der Waals surface area (Å²) in [6.07, 6.45) is 0.490. The Hall–Kier alpha value is -1.55. The van der Waals surface area contributed by atoms with E-state index < -0.39 is 6.10 Å². The van der Waals surface area contributed by atoms with Gasteiger partial charge >= 0.3 is 5.97 Å². The van der Waals surface area contributed by atoms with Crippen LogP contribution in [0.3, 0.4) is 0 Å². The zero-order valence-electron chi connectivity index (χ0n) is 11.2. The second-order valence-corrected chi connectivity index (χ2v) is 4.07. The van der Waals surface area contributed by atoms with Gasteiger partial charge in [0.15, 0.2) is 6.10 Å². The van der Waals surface area contributed by atoms with Gasteiger partial charge in [0.05, 0.1) is 7.11 Å². The molecule has 1 unspecified atom stereocenters. The van der Waals surface area contributed by atoms with Gasteiger partial charge in [-0.05, 0) is 26.0 Å². The van der Waals surface area contributed by atoms with E-state index in [2.05, 4.69) is 17.0 Å². The minimum atomic E-state index is -0.595. The van der Waals surface area contributed by atoms with Crippen molar-refractivity contribution < 1.29 is 14.3 Å². The molecule has 1 aromatic rings. The molecule has 0 aliphatic carbocycles. The van der Waals surface area contributed by atoms with Crippen LogP contribution < -0.4 is 10.1 Å². The molecule has 4 nitrogen and oxygen atoms in total. The summed E-state index contributed by atoms with van der Waals surface area (Å²) < 4.78 is 10.3. The van der Waals surface area contributed by atoms with Crippen molar-refractivity contribution in [2.75, 3.05) is 13.7 Å². The van der Waals surface area contributed by atoms with E-state index in [4.69, 9.17) is 4.74 Å². The van der Waals surface area contributed by atoms with Gasteiger partial charge in [0.1, 0.15) is 5.75 Å². The maximum Gasteiger partial charge on any atom is 0.346 e. The summed E-state index contributed by atoms with van der Waals surface area (Å²) in [7, 11) is 1.36. The fourth-order valence-electron chi connectivity index (χ4n) is 1.57. The van der Waals surface area contributed by atoms with Gasteiger partial charge in [-0.2, -0.15) is 0 Å². The number of rotatable bonds is 7. The molecule has 1 atom stereocenters. The van der Waals surface area contributed by atoms with E-state index in [9.17, 15) is 4.79 Å². The predicted molar refractivity (Wildman–Crippen MR) is 70.5 cm³/mol. The predicted octanol–water partition coefficient (Wildman–Crippen LogP) is 2.13. The highest BCUT2D eigenvalue weighted by Crippen LogP contribution is 2.19. The van der Waals surface area contributed by atoms with Gasteiger partial charge in [0.2, 0.25) is 0 Å². The molecule has 0 saturated heterocycles. The van der Waals surface area contributed by atoms with E-state index in [0.29, 0.717) is 0 Å². The zero-order chi connectivity index (χ0) is 13.4. The number of nitrogens with one attached hydrogen (secondary N) is 1. The molecule has 0 fully saturated rings. The number of hydrogen-bond donors (Lipinski definition) is 1. The lowest BCUT2D eigenvalue weighted by molar-refractivity contribution is -0.147. The molecule has 0 bridgehead atoms. The van der Waals surface area contributed by atoms with Crippen molar-refractivity contribution in [3.63, 3.8) is 0 Å². The number of hydrogen-bond acceptors (Lipinski definition) is 4.